The second-order valence-electron chi connectivity index (χ2n) is 6.45. The molecule has 1 N–H and O–H groups in total. The van der Waals surface area contributed by atoms with Crippen LogP contribution in [-0.4, -0.2) is 18.1 Å². The molecule has 0 spiro atoms. The van der Waals surface area contributed by atoms with Crippen molar-refractivity contribution in [3.63, 3.8) is 0 Å². The number of ether oxygens (including phenoxy) is 1. The van der Waals surface area contributed by atoms with E-state index in [0.29, 0.717) is 5.92 Å². The fourth-order valence-corrected chi connectivity index (χ4v) is 2.13. The Hall–Kier alpha value is -1.09. The van der Waals surface area contributed by atoms with Gasteiger partial charge in [-0.3, -0.25) is 0 Å². The van der Waals surface area contributed by atoms with Crippen LogP contribution < -0.4 is 10.1 Å². The molecule has 3 nitrogen and oxygen atoms in total. The molecule has 0 fully saturated rings. The molecule has 0 saturated carbocycles. The first-order valence-corrected chi connectivity index (χ1v) is 8.37. The summed E-state index contributed by atoms with van der Waals surface area (Å²) in [4.78, 5) is 4.63. The highest BCUT2D eigenvalue weighted by atomic mass is 16.5. The van der Waals surface area contributed by atoms with Gasteiger partial charge in [-0.15, -0.1) is 0 Å². The number of pyridine rings is 1. The Morgan fingerprint density at radius 2 is 1.95 bits per heavy atom. The number of hydrogen-bond acceptors (Lipinski definition) is 3. The van der Waals surface area contributed by atoms with Crippen molar-refractivity contribution in [3.05, 3.63) is 23.4 Å². The Bertz CT molecular complexity index is 402. The van der Waals surface area contributed by atoms with E-state index in [1.807, 2.05) is 0 Å². The summed E-state index contributed by atoms with van der Waals surface area (Å²) in [5.74, 6) is 1.93. The normalized spacial score (nSPS) is 11.4. The molecule has 0 aromatic carbocycles. The minimum absolute atomic E-state index is 0.425. The van der Waals surface area contributed by atoms with Crippen LogP contribution in [0.2, 0.25) is 0 Å². The second kappa shape index (κ2) is 9.78. The van der Waals surface area contributed by atoms with Crippen molar-refractivity contribution in [1.29, 1.82) is 0 Å². The highest BCUT2D eigenvalue weighted by molar-refractivity contribution is 5.26. The van der Waals surface area contributed by atoms with Gasteiger partial charge in [-0.05, 0) is 49.3 Å². The van der Waals surface area contributed by atoms with E-state index in [0.717, 1.165) is 50.0 Å². The zero-order valence-corrected chi connectivity index (χ0v) is 14.4. The molecule has 3 heteroatoms. The van der Waals surface area contributed by atoms with Crippen molar-refractivity contribution < 1.29 is 4.74 Å². The third-order valence-electron chi connectivity index (χ3n) is 3.40. The molecular formula is C18H32N2O. The van der Waals surface area contributed by atoms with E-state index in [2.05, 4.69) is 57.1 Å². The molecule has 0 aliphatic carbocycles. The van der Waals surface area contributed by atoms with Crippen LogP contribution in [0, 0.1) is 5.92 Å². The van der Waals surface area contributed by atoms with Crippen molar-refractivity contribution in [3.8, 4) is 5.88 Å². The molecule has 0 atom stereocenters. The molecule has 1 aromatic rings. The van der Waals surface area contributed by atoms with Gasteiger partial charge in [0, 0.05) is 18.3 Å². The third-order valence-corrected chi connectivity index (χ3v) is 3.40. The average molecular weight is 292 g/mol. The van der Waals surface area contributed by atoms with E-state index >= 15 is 0 Å². The lowest BCUT2D eigenvalue weighted by atomic mass is 10.1. The van der Waals surface area contributed by atoms with E-state index in [1.165, 1.54) is 12.0 Å². The number of aromatic nitrogens is 1. The Labute approximate surface area is 130 Å². The first-order chi connectivity index (χ1) is 10.0. The van der Waals surface area contributed by atoms with Crippen LogP contribution in [-0.2, 0) is 6.54 Å². The van der Waals surface area contributed by atoms with E-state index in [9.17, 15) is 0 Å². The SMILES string of the molecule is CCCNCc1cc(OCCCC(C)C)nc(C(C)C)c1. The highest BCUT2D eigenvalue weighted by Gasteiger charge is 2.07. The molecule has 0 aliphatic heterocycles. The van der Waals surface area contributed by atoms with Gasteiger partial charge in [-0.25, -0.2) is 4.98 Å². The summed E-state index contributed by atoms with van der Waals surface area (Å²) in [6.45, 7) is 13.7. The Kier molecular flexibility index (Phi) is 8.36. The lowest BCUT2D eigenvalue weighted by molar-refractivity contribution is 0.286. The van der Waals surface area contributed by atoms with Crippen molar-refractivity contribution in [1.82, 2.24) is 10.3 Å². The lowest BCUT2D eigenvalue weighted by Gasteiger charge is -2.13. The highest BCUT2D eigenvalue weighted by Crippen LogP contribution is 2.19. The van der Waals surface area contributed by atoms with Crippen LogP contribution in [0.15, 0.2) is 12.1 Å². The van der Waals surface area contributed by atoms with Gasteiger partial charge in [0.25, 0.3) is 0 Å². The van der Waals surface area contributed by atoms with Crippen LogP contribution in [0.4, 0.5) is 0 Å². The Morgan fingerprint density at radius 1 is 1.19 bits per heavy atom. The average Bonchev–Trinajstić information content (AvgIpc) is 2.43. The fourth-order valence-electron chi connectivity index (χ4n) is 2.13. The molecule has 0 aliphatic rings. The van der Waals surface area contributed by atoms with Crippen LogP contribution in [0.25, 0.3) is 0 Å². The Balaban J connectivity index is 2.63. The maximum Gasteiger partial charge on any atom is 0.213 e. The number of nitrogens with zero attached hydrogens (tertiary/aromatic N) is 1. The van der Waals surface area contributed by atoms with Gasteiger partial charge in [0.05, 0.1) is 6.61 Å². The Morgan fingerprint density at radius 3 is 2.57 bits per heavy atom. The summed E-state index contributed by atoms with van der Waals surface area (Å²) in [6.07, 6.45) is 3.45. The van der Waals surface area contributed by atoms with Gasteiger partial charge < -0.3 is 10.1 Å². The first-order valence-electron chi connectivity index (χ1n) is 8.37. The smallest absolute Gasteiger partial charge is 0.213 e. The molecule has 0 radical (unpaired) electrons. The molecule has 1 rings (SSSR count). The van der Waals surface area contributed by atoms with Crippen LogP contribution in [0.5, 0.6) is 5.88 Å². The van der Waals surface area contributed by atoms with Crippen LogP contribution in [0.3, 0.4) is 0 Å². The minimum Gasteiger partial charge on any atom is -0.478 e. The predicted octanol–water partition coefficient (Wildman–Crippen LogP) is 4.52. The van der Waals surface area contributed by atoms with Gasteiger partial charge >= 0.3 is 0 Å². The zero-order chi connectivity index (χ0) is 15.7. The van der Waals surface area contributed by atoms with E-state index < -0.39 is 0 Å². The number of rotatable bonds is 10. The predicted molar refractivity (Wildman–Crippen MR) is 89.9 cm³/mol. The van der Waals surface area contributed by atoms with Crippen molar-refractivity contribution in [2.75, 3.05) is 13.2 Å². The van der Waals surface area contributed by atoms with E-state index in [1.54, 1.807) is 0 Å². The zero-order valence-electron chi connectivity index (χ0n) is 14.4. The summed E-state index contributed by atoms with van der Waals surface area (Å²) in [7, 11) is 0. The van der Waals surface area contributed by atoms with Crippen molar-refractivity contribution >= 4 is 0 Å². The molecule has 21 heavy (non-hydrogen) atoms. The van der Waals surface area contributed by atoms with Gasteiger partial charge in [0.1, 0.15) is 0 Å². The minimum atomic E-state index is 0.425. The van der Waals surface area contributed by atoms with Crippen LogP contribution in [0.1, 0.15) is 71.1 Å². The first kappa shape index (κ1) is 18.0. The summed E-state index contributed by atoms with van der Waals surface area (Å²) in [6, 6.07) is 4.26. The molecule has 0 unspecified atom stereocenters. The second-order valence-corrected chi connectivity index (χ2v) is 6.45. The van der Waals surface area contributed by atoms with Gasteiger partial charge in [0.2, 0.25) is 5.88 Å². The molecular weight excluding hydrogens is 260 g/mol. The van der Waals surface area contributed by atoms with Crippen molar-refractivity contribution in [2.24, 2.45) is 5.92 Å². The number of hydrogen-bond donors (Lipinski definition) is 1. The van der Waals surface area contributed by atoms with Crippen LogP contribution >= 0.6 is 0 Å². The summed E-state index contributed by atoms with van der Waals surface area (Å²) < 4.78 is 5.86. The maximum atomic E-state index is 5.86. The van der Waals surface area contributed by atoms with Gasteiger partial charge in [0.15, 0.2) is 0 Å². The van der Waals surface area contributed by atoms with E-state index in [-0.39, 0.29) is 0 Å². The topological polar surface area (TPSA) is 34.1 Å². The monoisotopic (exact) mass is 292 g/mol. The largest absolute Gasteiger partial charge is 0.478 e. The summed E-state index contributed by atoms with van der Waals surface area (Å²) in [5, 5.41) is 3.44. The summed E-state index contributed by atoms with van der Waals surface area (Å²) >= 11 is 0. The standard InChI is InChI=1S/C18H32N2O/c1-6-9-19-13-16-11-17(15(4)5)20-18(12-16)21-10-7-8-14(2)3/h11-12,14-15,19H,6-10,13H2,1-5H3. The number of nitrogens with one attached hydrogen (secondary N) is 1. The lowest BCUT2D eigenvalue weighted by Crippen LogP contribution is -2.14. The fraction of sp³-hybridized carbons (Fsp3) is 0.722. The molecule has 1 heterocycles. The molecule has 1 aromatic heterocycles. The maximum absolute atomic E-state index is 5.86. The molecule has 0 amide bonds. The quantitative estimate of drug-likeness (QED) is 0.644. The molecule has 120 valence electrons. The molecule has 0 bridgehead atoms. The molecule has 0 saturated heterocycles. The third kappa shape index (κ3) is 7.47. The van der Waals surface area contributed by atoms with E-state index in [4.69, 9.17) is 4.74 Å². The summed E-state index contributed by atoms with van der Waals surface area (Å²) in [5.41, 5.74) is 2.38. The van der Waals surface area contributed by atoms with Crippen molar-refractivity contribution in [2.45, 2.75) is 66.3 Å². The van der Waals surface area contributed by atoms with Gasteiger partial charge in [-0.1, -0.05) is 34.6 Å². The van der Waals surface area contributed by atoms with Gasteiger partial charge in [-0.2, -0.15) is 0 Å².